The van der Waals surface area contributed by atoms with Crippen LogP contribution in [0.3, 0.4) is 0 Å². The molecule has 32 heavy (non-hydrogen) atoms. The van der Waals surface area contributed by atoms with Crippen LogP contribution in [0.5, 0.6) is 11.5 Å². The minimum atomic E-state index is 0.637. The van der Waals surface area contributed by atoms with Gasteiger partial charge < -0.3 is 19.8 Å². The Bertz CT molecular complexity index is 1420. The van der Waals surface area contributed by atoms with Gasteiger partial charge in [0.25, 0.3) is 0 Å². The number of anilines is 1. The number of benzene rings is 3. The lowest BCUT2D eigenvalue weighted by Crippen LogP contribution is -2.05. The van der Waals surface area contributed by atoms with Crippen molar-refractivity contribution in [3.8, 4) is 22.6 Å². The Balaban J connectivity index is 1.45. The van der Waals surface area contributed by atoms with Crippen LogP contribution in [-0.2, 0) is 6.54 Å². The monoisotopic (exact) mass is 424 g/mol. The van der Waals surface area contributed by atoms with Gasteiger partial charge in [0.15, 0.2) is 11.5 Å². The summed E-state index contributed by atoms with van der Waals surface area (Å²) in [4.78, 5) is 12.5. The summed E-state index contributed by atoms with van der Waals surface area (Å²) in [5, 5.41) is 5.59. The maximum absolute atomic E-state index is 5.47. The average Bonchev–Trinajstić information content (AvgIpc) is 3.29. The molecule has 0 fully saturated rings. The first kappa shape index (κ1) is 19.9. The lowest BCUT2D eigenvalue weighted by Gasteiger charge is -2.13. The number of aromatic nitrogens is 3. The molecule has 0 saturated carbocycles. The van der Waals surface area contributed by atoms with Crippen molar-refractivity contribution in [1.29, 1.82) is 0 Å². The molecule has 6 nitrogen and oxygen atoms in total. The SMILES string of the molecule is COc1cc2nc(C)nc(NCc3cccc(-c4ccc5cc[nH]c5c4)c3)c2cc1OC. The molecule has 5 rings (SSSR count). The number of aryl methyl sites for hydroxylation is 1. The molecule has 2 aromatic heterocycles. The van der Waals surface area contributed by atoms with E-state index in [0.29, 0.717) is 23.9 Å². The van der Waals surface area contributed by atoms with E-state index in [9.17, 15) is 0 Å². The molecule has 0 amide bonds. The molecular formula is C26H24N4O2. The summed E-state index contributed by atoms with van der Waals surface area (Å²) in [6.07, 6.45) is 1.97. The fourth-order valence-corrected chi connectivity index (χ4v) is 3.98. The van der Waals surface area contributed by atoms with E-state index in [2.05, 4.69) is 68.8 Å². The van der Waals surface area contributed by atoms with E-state index in [1.807, 2.05) is 25.3 Å². The minimum absolute atomic E-state index is 0.637. The molecule has 3 aromatic carbocycles. The van der Waals surface area contributed by atoms with E-state index in [-0.39, 0.29) is 0 Å². The summed E-state index contributed by atoms with van der Waals surface area (Å²) in [7, 11) is 3.25. The molecular weight excluding hydrogens is 400 g/mol. The van der Waals surface area contributed by atoms with E-state index in [0.717, 1.165) is 22.2 Å². The molecule has 0 spiro atoms. The molecule has 2 heterocycles. The van der Waals surface area contributed by atoms with Gasteiger partial charge in [-0.25, -0.2) is 9.97 Å². The standard InChI is InChI=1S/C26H24N4O2/c1-16-29-23-14-25(32-3)24(31-2)13-21(23)26(30-16)28-15-17-5-4-6-19(11-17)20-8-7-18-9-10-27-22(18)12-20/h4-14,27H,15H2,1-3H3,(H,28,29,30). The topological polar surface area (TPSA) is 72.1 Å². The van der Waals surface area contributed by atoms with E-state index >= 15 is 0 Å². The number of methoxy groups -OCH3 is 2. The van der Waals surface area contributed by atoms with E-state index in [4.69, 9.17) is 9.47 Å². The minimum Gasteiger partial charge on any atom is -0.493 e. The van der Waals surface area contributed by atoms with Crippen molar-refractivity contribution in [3.63, 3.8) is 0 Å². The van der Waals surface area contributed by atoms with Gasteiger partial charge in [0.1, 0.15) is 11.6 Å². The Labute approximate surface area is 186 Å². The van der Waals surface area contributed by atoms with Crippen LogP contribution >= 0.6 is 0 Å². The Morgan fingerprint density at radius 2 is 1.69 bits per heavy atom. The van der Waals surface area contributed by atoms with Crippen LogP contribution in [0.1, 0.15) is 11.4 Å². The summed E-state index contributed by atoms with van der Waals surface area (Å²) in [6, 6.07) is 20.9. The molecule has 0 aliphatic heterocycles. The molecule has 0 bridgehead atoms. The first-order valence-electron chi connectivity index (χ1n) is 10.5. The molecule has 0 saturated heterocycles. The van der Waals surface area contributed by atoms with E-state index in [1.165, 1.54) is 22.1 Å². The third-order valence-corrected chi connectivity index (χ3v) is 5.59. The quantitative estimate of drug-likeness (QED) is 0.365. The Morgan fingerprint density at radius 3 is 2.53 bits per heavy atom. The van der Waals surface area contributed by atoms with Crippen molar-refractivity contribution in [1.82, 2.24) is 15.0 Å². The molecule has 0 radical (unpaired) electrons. The molecule has 0 unspecified atom stereocenters. The Morgan fingerprint density at radius 1 is 0.875 bits per heavy atom. The van der Waals surface area contributed by atoms with Crippen LogP contribution in [-0.4, -0.2) is 29.2 Å². The lowest BCUT2D eigenvalue weighted by atomic mass is 10.0. The summed E-state index contributed by atoms with van der Waals surface area (Å²) in [6.45, 7) is 2.52. The highest BCUT2D eigenvalue weighted by Crippen LogP contribution is 2.34. The van der Waals surface area contributed by atoms with Crippen LogP contribution in [0.25, 0.3) is 32.9 Å². The highest BCUT2D eigenvalue weighted by atomic mass is 16.5. The van der Waals surface area contributed by atoms with Gasteiger partial charge >= 0.3 is 0 Å². The van der Waals surface area contributed by atoms with Crippen molar-refractivity contribution >= 4 is 27.6 Å². The summed E-state index contributed by atoms with van der Waals surface area (Å²) in [5.41, 5.74) is 5.47. The van der Waals surface area contributed by atoms with Gasteiger partial charge in [-0.05, 0) is 53.3 Å². The second kappa shape index (κ2) is 8.23. The number of hydrogen-bond acceptors (Lipinski definition) is 5. The van der Waals surface area contributed by atoms with Gasteiger partial charge in [-0.15, -0.1) is 0 Å². The van der Waals surface area contributed by atoms with Crippen LogP contribution in [0, 0.1) is 6.92 Å². The molecule has 5 aromatic rings. The third-order valence-electron chi connectivity index (χ3n) is 5.59. The predicted octanol–water partition coefficient (Wildman–Crippen LogP) is 5.72. The first-order valence-corrected chi connectivity index (χ1v) is 10.5. The number of ether oxygens (including phenoxy) is 2. The zero-order chi connectivity index (χ0) is 22.1. The maximum Gasteiger partial charge on any atom is 0.162 e. The van der Waals surface area contributed by atoms with Gasteiger partial charge in [-0.2, -0.15) is 0 Å². The second-order valence-corrected chi connectivity index (χ2v) is 7.68. The lowest BCUT2D eigenvalue weighted by molar-refractivity contribution is 0.356. The summed E-state index contributed by atoms with van der Waals surface area (Å²) < 4.78 is 10.9. The number of nitrogens with one attached hydrogen (secondary N) is 2. The Hall–Kier alpha value is -4.06. The molecule has 0 aliphatic rings. The highest BCUT2D eigenvalue weighted by Gasteiger charge is 2.12. The number of fused-ring (bicyclic) bond motifs is 2. The molecule has 0 aliphatic carbocycles. The largest absolute Gasteiger partial charge is 0.493 e. The van der Waals surface area contributed by atoms with Gasteiger partial charge in [0.05, 0.1) is 19.7 Å². The second-order valence-electron chi connectivity index (χ2n) is 7.68. The summed E-state index contributed by atoms with van der Waals surface area (Å²) >= 11 is 0. The van der Waals surface area contributed by atoms with Gasteiger partial charge in [0, 0.05) is 29.7 Å². The van der Waals surface area contributed by atoms with Crippen LogP contribution < -0.4 is 14.8 Å². The van der Waals surface area contributed by atoms with Gasteiger partial charge in [-0.3, -0.25) is 0 Å². The Kier molecular flexibility index (Phi) is 5.11. The van der Waals surface area contributed by atoms with Crippen molar-refractivity contribution in [3.05, 3.63) is 78.2 Å². The normalized spacial score (nSPS) is 11.1. The predicted molar refractivity (Wildman–Crippen MR) is 128 cm³/mol. The maximum atomic E-state index is 5.47. The number of nitrogens with zero attached hydrogens (tertiary/aromatic N) is 2. The van der Waals surface area contributed by atoms with Crippen molar-refractivity contribution < 1.29 is 9.47 Å². The number of hydrogen-bond donors (Lipinski definition) is 2. The first-order chi connectivity index (χ1) is 15.6. The zero-order valence-electron chi connectivity index (χ0n) is 18.3. The fourth-order valence-electron chi connectivity index (χ4n) is 3.98. The van der Waals surface area contributed by atoms with Crippen LogP contribution in [0.15, 0.2) is 66.9 Å². The van der Waals surface area contributed by atoms with E-state index in [1.54, 1.807) is 14.2 Å². The van der Waals surface area contributed by atoms with Gasteiger partial charge in [-0.1, -0.05) is 30.3 Å². The van der Waals surface area contributed by atoms with Crippen molar-refractivity contribution in [2.24, 2.45) is 0 Å². The van der Waals surface area contributed by atoms with Crippen molar-refractivity contribution in [2.75, 3.05) is 19.5 Å². The molecule has 6 heteroatoms. The average molecular weight is 425 g/mol. The summed E-state index contributed by atoms with van der Waals surface area (Å²) in [5.74, 6) is 2.76. The number of rotatable bonds is 6. The van der Waals surface area contributed by atoms with E-state index < -0.39 is 0 Å². The van der Waals surface area contributed by atoms with Crippen LogP contribution in [0.4, 0.5) is 5.82 Å². The fraction of sp³-hybridized carbons (Fsp3) is 0.154. The molecule has 2 N–H and O–H groups in total. The zero-order valence-corrected chi connectivity index (χ0v) is 18.3. The third kappa shape index (κ3) is 3.71. The van der Waals surface area contributed by atoms with Crippen LogP contribution in [0.2, 0.25) is 0 Å². The highest BCUT2D eigenvalue weighted by molar-refractivity contribution is 5.92. The van der Waals surface area contributed by atoms with Crippen molar-refractivity contribution in [2.45, 2.75) is 13.5 Å². The van der Waals surface area contributed by atoms with Gasteiger partial charge in [0.2, 0.25) is 0 Å². The molecule has 0 atom stereocenters. The molecule has 160 valence electrons. The number of aromatic amines is 1. The smallest absolute Gasteiger partial charge is 0.162 e. The number of H-pyrrole nitrogens is 1.